The number of aryl methyl sites for hydroxylation is 1. The Balaban J connectivity index is 1.41. The second kappa shape index (κ2) is 6.88. The van der Waals surface area contributed by atoms with Crippen molar-refractivity contribution in [3.05, 3.63) is 29.7 Å². The minimum atomic E-state index is 0.426. The van der Waals surface area contributed by atoms with Crippen molar-refractivity contribution in [2.24, 2.45) is 13.0 Å². The highest BCUT2D eigenvalue weighted by atomic mass is 16.5. The van der Waals surface area contributed by atoms with Crippen molar-refractivity contribution in [2.75, 3.05) is 27.2 Å². The van der Waals surface area contributed by atoms with Gasteiger partial charge in [-0.05, 0) is 52.2 Å². The second-order valence-electron chi connectivity index (χ2n) is 7.79. The molecule has 0 radical (unpaired) electrons. The van der Waals surface area contributed by atoms with Crippen molar-refractivity contribution < 1.29 is 4.52 Å². The Hall–Kier alpha value is -1.73. The van der Waals surface area contributed by atoms with Gasteiger partial charge in [0.05, 0.1) is 12.7 Å². The van der Waals surface area contributed by atoms with Gasteiger partial charge in [-0.25, -0.2) is 0 Å². The van der Waals surface area contributed by atoms with Gasteiger partial charge in [-0.1, -0.05) is 5.16 Å². The number of likely N-dealkylation sites (tertiary alicyclic amines) is 1. The molecule has 1 aliphatic carbocycles. The van der Waals surface area contributed by atoms with Crippen molar-refractivity contribution in [2.45, 2.75) is 44.2 Å². The summed E-state index contributed by atoms with van der Waals surface area (Å²) in [5.74, 6) is 2.77. The molecule has 25 heavy (non-hydrogen) atoms. The van der Waals surface area contributed by atoms with Crippen LogP contribution in [0, 0.1) is 5.92 Å². The van der Waals surface area contributed by atoms with Crippen LogP contribution in [-0.4, -0.2) is 56.9 Å². The van der Waals surface area contributed by atoms with Gasteiger partial charge in [0.2, 0.25) is 5.89 Å². The molecule has 2 aromatic rings. The van der Waals surface area contributed by atoms with Crippen molar-refractivity contribution in [3.8, 4) is 0 Å². The van der Waals surface area contributed by atoms with E-state index >= 15 is 0 Å². The van der Waals surface area contributed by atoms with E-state index in [9.17, 15) is 0 Å². The van der Waals surface area contributed by atoms with E-state index in [-0.39, 0.29) is 0 Å². The molecule has 0 spiro atoms. The molecule has 3 heterocycles. The highest BCUT2D eigenvalue weighted by Gasteiger charge is 2.33. The van der Waals surface area contributed by atoms with Gasteiger partial charge in [-0.3, -0.25) is 14.5 Å². The number of hydrogen-bond donors (Lipinski definition) is 0. The Kier molecular flexibility index (Phi) is 4.60. The SMILES string of the molecule is CN(Cc1nc(C2CC2)no1)C[C@@H]1CCCN(C)[C@H]1c1cnn(C)c1. The quantitative estimate of drug-likeness (QED) is 0.800. The van der Waals surface area contributed by atoms with Gasteiger partial charge in [0.25, 0.3) is 0 Å². The van der Waals surface area contributed by atoms with Crippen LogP contribution < -0.4 is 0 Å². The first-order valence-corrected chi connectivity index (χ1v) is 9.30. The molecular formula is C18H28N6O. The summed E-state index contributed by atoms with van der Waals surface area (Å²) in [6.07, 6.45) is 9.06. The van der Waals surface area contributed by atoms with Crippen LogP contribution >= 0.6 is 0 Å². The Morgan fingerprint density at radius 2 is 2.12 bits per heavy atom. The van der Waals surface area contributed by atoms with Gasteiger partial charge in [0.15, 0.2) is 5.82 Å². The van der Waals surface area contributed by atoms with E-state index in [2.05, 4.69) is 45.3 Å². The number of aromatic nitrogens is 4. The van der Waals surface area contributed by atoms with E-state index in [0.717, 1.165) is 31.3 Å². The fourth-order valence-electron chi connectivity index (χ4n) is 4.11. The molecule has 1 aliphatic heterocycles. The average Bonchev–Trinajstić information content (AvgIpc) is 3.18. The van der Waals surface area contributed by atoms with Gasteiger partial charge in [0.1, 0.15) is 0 Å². The summed E-state index contributed by atoms with van der Waals surface area (Å²) < 4.78 is 7.33. The van der Waals surface area contributed by atoms with E-state index in [1.54, 1.807) is 0 Å². The molecule has 4 rings (SSSR count). The van der Waals surface area contributed by atoms with E-state index in [4.69, 9.17) is 4.52 Å². The highest BCUT2D eigenvalue weighted by Crippen LogP contribution is 2.38. The van der Waals surface area contributed by atoms with Crippen LogP contribution in [0.15, 0.2) is 16.9 Å². The van der Waals surface area contributed by atoms with Gasteiger partial charge in [-0.2, -0.15) is 10.1 Å². The summed E-state index contributed by atoms with van der Waals surface area (Å²) in [4.78, 5) is 9.34. The lowest BCUT2D eigenvalue weighted by molar-refractivity contribution is 0.0895. The number of rotatable bonds is 6. The monoisotopic (exact) mass is 344 g/mol. The zero-order chi connectivity index (χ0) is 17.4. The second-order valence-corrected chi connectivity index (χ2v) is 7.79. The summed E-state index contributed by atoms with van der Waals surface area (Å²) >= 11 is 0. The third-order valence-electron chi connectivity index (χ3n) is 5.45. The molecule has 0 aromatic carbocycles. The van der Waals surface area contributed by atoms with E-state index < -0.39 is 0 Å². The molecule has 0 unspecified atom stereocenters. The zero-order valence-electron chi connectivity index (χ0n) is 15.4. The fraction of sp³-hybridized carbons (Fsp3) is 0.722. The minimum Gasteiger partial charge on any atom is -0.338 e. The normalized spacial score (nSPS) is 25.0. The lowest BCUT2D eigenvalue weighted by Crippen LogP contribution is -2.40. The third-order valence-corrected chi connectivity index (χ3v) is 5.45. The summed E-state index contributed by atoms with van der Waals surface area (Å²) in [7, 11) is 6.36. The van der Waals surface area contributed by atoms with Crippen LogP contribution in [0.4, 0.5) is 0 Å². The van der Waals surface area contributed by atoms with Gasteiger partial charge < -0.3 is 4.52 Å². The smallest absolute Gasteiger partial charge is 0.240 e. The summed E-state index contributed by atoms with van der Waals surface area (Å²) in [5, 5.41) is 8.50. The molecular weight excluding hydrogens is 316 g/mol. The highest BCUT2D eigenvalue weighted by molar-refractivity contribution is 5.13. The Morgan fingerprint density at radius 3 is 2.84 bits per heavy atom. The predicted octanol–water partition coefficient (Wildman–Crippen LogP) is 2.20. The average molecular weight is 344 g/mol. The molecule has 2 fully saturated rings. The molecule has 0 bridgehead atoms. The molecule has 0 amide bonds. The van der Waals surface area contributed by atoms with Crippen molar-refractivity contribution in [1.29, 1.82) is 0 Å². The van der Waals surface area contributed by atoms with Crippen molar-refractivity contribution in [3.63, 3.8) is 0 Å². The van der Waals surface area contributed by atoms with Crippen molar-refractivity contribution in [1.82, 2.24) is 29.7 Å². The van der Waals surface area contributed by atoms with Crippen LogP contribution in [0.1, 0.15) is 54.9 Å². The predicted molar refractivity (Wildman–Crippen MR) is 93.9 cm³/mol. The zero-order valence-corrected chi connectivity index (χ0v) is 15.4. The summed E-state index contributed by atoms with van der Waals surface area (Å²) in [5.41, 5.74) is 1.32. The molecule has 136 valence electrons. The maximum Gasteiger partial charge on any atom is 0.240 e. The summed E-state index contributed by atoms with van der Waals surface area (Å²) in [6.45, 7) is 2.89. The molecule has 7 nitrogen and oxygen atoms in total. The molecule has 7 heteroatoms. The van der Waals surface area contributed by atoms with Crippen molar-refractivity contribution >= 4 is 0 Å². The fourth-order valence-corrected chi connectivity index (χ4v) is 4.11. The first-order chi connectivity index (χ1) is 12.1. The number of nitrogens with zero attached hydrogens (tertiary/aromatic N) is 6. The number of hydrogen-bond acceptors (Lipinski definition) is 6. The lowest BCUT2D eigenvalue weighted by Gasteiger charge is -2.40. The minimum absolute atomic E-state index is 0.426. The maximum atomic E-state index is 5.44. The Morgan fingerprint density at radius 1 is 1.28 bits per heavy atom. The standard InChI is InChI=1S/C18H28N6O/c1-22(12-16-20-18(21-25-16)13-6-7-13)10-14-5-4-8-23(2)17(14)15-9-19-24(3)11-15/h9,11,13-14,17H,4-8,10,12H2,1-3H3/t14-,17+/m0/s1. The van der Waals surface area contributed by atoms with Gasteiger partial charge in [-0.15, -0.1) is 0 Å². The van der Waals surface area contributed by atoms with Gasteiger partial charge >= 0.3 is 0 Å². The first-order valence-electron chi connectivity index (χ1n) is 9.30. The summed E-state index contributed by atoms with van der Waals surface area (Å²) in [6, 6.07) is 0.426. The van der Waals surface area contributed by atoms with Crippen LogP contribution in [0.5, 0.6) is 0 Å². The molecule has 2 aromatic heterocycles. The van der Waals surface area contributed by atoms with Crippen LogP contribution in [-0.2, 0) is 13.6 Å². The molecule has 2 atom stereocenters. The molecule has 1 saturated heterocycles. The van der Waals surface area contributed by atoms with Gasteiger partial charge in [0, 0.05) is 37.3 Å². The Labute approximate surface area is 149 Å². The molecule has 2 aliphatic rings. The molecule has 1 saturated carbocycles. The third kappa shape index (κ3) is 3.77. The lowest BCUT2D eigenvalue weighted by atomic mass is 9.86. The molecule has 0 N–H and O–H groups in total. The largest absolute Gasteiger partial charge is 0.338 e. The topological polar surface area (TPSA) is 63.2 Å². The first kappa shape index (κ1) is 16.7. The van der Waals surface area contributed by atoms with Crippen LogP contribution in [0.25, 0.3) is 0 Å². The van der Waals surface area contributed by atoms with E-state index in [1.165, 1.54) is 31.2 Å². The van der Waals surface area contributed by atoms with Crippen LogP contribution in [0.2, 0.25) is 0 Å². The van der Waals surface area contributed by atoms with E-state index in [1.807, 2.05) is 17.9 Å². The van der Waals surface area contributed by atoms with E-state index in [0.29, 0.717) is 17.9 Å². The maximum absolute atomic E-state index is 5.44. The number of piperidine rings is 1. The Bertz CT molecular complexity index is 706. The van der Waals surface area contributed by atoms with Crippen LogP contribution in [0.3, 0.4) is 0 Å².